The molecule has 3 aromatic rings. The summed E-state index contributed by atoms with van der Waals surface area (Å²) < 4.78 is 53.4. The number of nitrogens with zero attached hydrogens (tertiary/aromatic N) is 1. The van der Waals surface area contributed by atoms with E-state index in [1.807, 2.05) is 6.26 Å². The van der Waals surface area contributed by atoms with Gasteiger partial charge in [-0.1, -0.05) is 0 Å². The molecular formula is C21H18F2N2O3S2. The number of rotatable bonds is 6. The number of hydrogen-bond donors (Lipinski definition) is 1. The minimum absolute atomic E-state index is 0.149. The van der Waals surface area contributed by atoms with Crippen molar-refractivity contribution >= 4 is 39.1 Å². The van der Waals surface area contributed by atoms with Crippen LogP contribution in [-0.2, 0) is 10.0 Å². The van der Waals surface area contributed by atoms with Crippen LogP contribution in [0.1, 0.15) is 10.4 Å². The monoisotopic (exact) mass is 448 g/mol. The lowest BCUT2D eigenvalue weighted by Crippen LogP contribution is -2.26. The summed E-state index contributed by atoms with van der Waals surface area (Å²) in [7, 11) is -2.35. The SMILES string of the molecule is CSc1ccc(S(=O)(=O)N(C)c2ccc(C(=O)Nc3ccc(F)cc3F)cc2)cc1. The van der Waals surface area contributed by atoms with Crippen LogP contribution >= 0.6 is 11.8 Å². The Morgan fingerprint density at radius 1 is 0.967 bits per heavy atom. The second kappa shape index (κ2) is 8.85. The summed E-state index contributed by atoms with van der Waals surface area (Å²) in [5.41, 5.74) is 0.393. The predicted octanol–water partition coefficient (Wildman–Crippen LogP) is 4.76. The minimum Gasteiger partial charge on any atom is -0.319 e. The fraction of sp³-hybridized carbons (Fsp3) is 0.0952. The van der Waals surface area contributed by atoms with Gasteiger partial charge in [-0.2, -0.15) is 0 Å². The van der Waals surface area contributed by atoms with Crippen molar-refractivity contribution in [3.63, 3.8) is 0 Å². The van der Waals surface area contributed by atoms with E-state index in [0.29, 0.717) is 11.8 Å². The Labute approximate surface area is 177 Å². The Balaban J connectivity index is 1.77. The van der Waals surface area contributed by atoms with Gasteiger partial charge in [-0.25, -0.2) is 17.2 Å². The van der Waals surface area contributed by atoms with Gasteiger partial charge in [0.2, 0.25) is 0 Å². The van der Waals surface area contributed by atoms with Gasteiger partial charge in [0.05, 0.1) is 16.3 Å². The second-order valence-corrected chi connectivity index (χ2v) is 9.12. The molecule has 0 bridgehead atoms. The fourth-order valence-electron chi connectivity index (χ4n) is 2.65. The fourth-order valence-corrected chi connectivity index (χ4v) is 4.26. The first-order chi connectivity index (χ1) is 14.2. The molecule has 0 aliphatic heterocycles. The van der Waals surface area contributed by atoms with Gasteiger partial charge in [-0.15, -0.1) is 11.8 Å². The minimum atomic E-state index is -3.77. The normalized spacial score (nSPS) is 11.2. The van der Waals surface area contributed by atoms with Crippen molar-refractivity contribution in [2.45, 2.75) is 9.79 Å². The van der Waals surface area contributed by atoms with Crippen LogP contribution in [0.4, 0.5) is 20.2 Å². The number of carbonyl (C=O) groups excluding carboxylic acids is 1. The number of benzene rings is 3. The van der Waals surface area contributed by atoms with Gasteiger partial charge in [0.15, 0.2) is 0 Å². The second-order valence-electron chi connectivity index (χ2n) is 6.27. The van der Waals surface area contributed by atoms with Gasteiger partial charge in [0.1, 0.15) is 11.6 Å². The van der Waals surface area contributed by atoms with Gasteiger partial charge in [-0.05, 0) is 66.9 Å². The topological polar surface area (TPSA) is 66.5 Å². The van der Waals surface area contributed by atoms with Gasteiger partial charge < -0.3 is 5.32 Å². The maximum Gasteiger partial charge on any atom is 0.264 e. The van der Waals surface area contributed by atoms with Gasteiger partial charge >= 0.3 is 0 Å². The van der Waals surface area contributed by atoms with Crippen molar-refractivity contribution in [1.29, 1.82) is 0 Å². The molecule has 9 heteroatoms. The largest absolute Gasteiger partial charge is 0.319 e. The lowest BCUT2D eigenvalue weighted by molar-refractivity contribution is 0.102. The molecule has 0 spiro atoms. The lowest BCUT2D eigenvalue weighted by atomic mass is 10.2. The highest BCUT2D eigenvalue weighted by molar-refractivity contribution is 7.98. The third kappa shape index (κ3) is 4.63. The molecular weight excluding hydrogens is 430 g/mol. The number of amides is 1. The summed E-state index contributed by atoms with van der Waals surface area (Å²) in [4.78, 5) is 13.4. The van der Waals surface area contributed by atoms with Crippen LogP contribution in [0.15, 0.2) is 76.5 Å². The number of nitrogens with one attached hydrogen (secondary N) is 1. The maximum absolute atomic E-state index is 13.7. The molecule has 1 N–H and O–H groups in total. The molecule has 0 atom stereocenters. The third-order valence-corrected chi connectivity index (χ3v) is 6.93. The van der Waals surface area contributed by atoms with E-state index in [4.69, 9.17) is 0 Å². The highest BCUT2D eigenvalue weighted by Crippen LogP contribution is 2.25. The Bertz CT molecular complexity index is 1170. The molecule has 0 saturated carbocycles. The van der Waals surface area contributed by atoms with Crippen LogP contribution in [-0.4, -0.2) is 27.6 Å². The molecule has 3 rings (SSSR count). The van der Waals surface area contributed by atoms with Crippen LogP contribution in [0.25, 0.3) is 0 Å². The smallest absolute Gasteiger partial charge is 0.264 e. The van der Waals surface area contributed by atoms with Crippen LogP contribution < -0.4 is 9.62 Å². The maximum atomic E-state index is 13.7. The van der Waals surface area contributed by atoms with E-state index in [2.05, 4.69) is 5.32 Å². The predicted molar refractivity (Wildman–Crippen MR) is 115 cm³/mol. The number of thioether (sulfide) groups is 1. The van der Waals surface area contributed by atoms with Crippen LogP contribution in [0.5, 0.6) is 0 Å². The molecule has 0 unspecified atom stereocenters. The molecule has 0 heterocycles. The highest BCUT2D eigenvalue weighted by Gasteiger charge is 2.21. The number of sulfonamides is 1. The Morgan fingerprint density at radius 2 is 1.60 bits per heavy atom. The van der Waals surface area contributed by atoms with Gasteiger partial charge in [0, 0.05) is 23.6 Å². The molecule has 0 radical (unpaired) electrons. The Morgan fingerprint density at radius 3 is 2.17 bits per heavy atom. The molecule has 30 heavy (non-hydrogen) atoms. The van der Waals surface area contributed by atoms with Gasteiger partial charge in [-0.3, -0.25) is 9.10 Å². The third-order valence-electron chi connectivity index (χ3n) is 4.39. The molecule has 0 aromatic heterocycles. The average molecular weight is 449 g/mol. The first-order valence-electron chi connectivity index (χ1n) is 8.72. The van der Waals surface area contributed by atoms with Crippen LogP contribution in [0.2, 0.25) is 0 Å². The van der Waals surface area contributed by atoms with Crippen molar-refractivity contribution in [3.8, 4) is 0 Å². The number of hydrogen-bond acceptors (Lipinski definition) is 4. The summed E-state index contributed by atoms with van der Waals surface area (Å²) in [6.07, 6.45) is 1.90. The first-order valence-corrected chi connectivity index (χ1v) is 11.4. The number of anilines is 2. The van der Waals surface area contributed by atoms with Crippen molar-refractivity contribution in [1.82, 2.24) is 0 Å². The Kier molecular flexibility index (Phi) is 6.42. The summed E-state index contributed by atoms with van der Waals surface area (Å²) in [6, 6.07) is 15.2. The van der Waals surface area contributed by atoms with E-state index < -0.39 is 27.6 Å². The number of halogens is 2. The zero-order chi connectivity index (χ0) is 21.9. The van der Waals surface area contributed by atoms with Crippen LogP contribution in [0.3, 0.4) is 0 Å². The van der Waals surface area contributed by atoms with Crippen molar-refractivity contribution < 1.29 is 22.0 Å². The van der Waals surface area contributed by atoms with E-state index >= 15 is 0 Å². The van der Waals surface area contributed by atoms with E-state index in [1.54, 1.807) is 12.1 Å². The highest BCUT2D eigenvalue weighted by atomic mass is 32.2. The van der Waals surface area contributed by atoms with E-state index in [1.165, 1.54) is 55.2 Å². The van der Waals surface area contributed by atoms with Crippen LogP contribution in [0, 0.1) is 11.6 Å². The zero-order valence-corrected chi connectivity index (χ0v) is 17.7. The molecule has 0 aliphatic rings. The summed E-state index contributed by atoms with van der Waals surface area (Å²) >= 11 is 1.51. The van der Waals surface area contributed by atoms with Crippen molar-refractivity contribution in [2.75, 3.05) is 22.9 Å². The summed E-state index contributed by atoms with van der Waals surface area (Å²) in [5.74, 6) is -2.24. The standard InChI is InChI=1S/C21H18F2N2O3S2/c1-25(30(27,28)18-10-8-17(29-2)9-11-18)16-6-3-14(4-7-16)21(26)24-20-12-5-15(22)13-19(20)23/h3-13H,1-2H3,(H,24,26). The van der Waals surface area contributed by atoms with E-state index in [-0.39, 0.29) is 16.1 Å². The van der Waals surface area contributed by atoms with Gasteiger partial charge in [0.25, 0.3) is 15.9 Å². The molecule has 1 amide bonds. The number of carbonyl (C=O) groups is 1. The zero-order valence-electron chi connectivity index (χ0n) is 16.1. The molecule has 0 fully saturated rings. The summed E-state index contributed by atoms with van der Waals surface area (Å²) in [5, 5.41) is 2.35. The Hall–Kier alpha value is -2.91. The summed E-state index contributed by atoms with van der Waals surface area (Å²) in [6.45, 7) is 0. The molecule has 0 saturated heterocycles. The van der Waals surface area contributed by atoms with Crippen molar-refractivity contribution in [2.24, 2.45) is 0 Å². The quantitative estimate of drug-likeness (QED) is 0.552. The molecule has 0 aliphatic carbocycles. The average Bonchev–Trinajstić information content (AvgIpc) is 2.75. The van der Waals surface area contributed by atoms with E-state index in [0.717, 1.165) is 21.3 Å². The first kappa shape index (κ1) is 21.8. The molecule has 3 aromatic carbocycles. The molecule has 5 nitrogen and oxygen atoms in total. The van der Waals surface area contributed by atoms with E-state index in [9.17, 15) is 22.0 Å². The molecule has 156 valence electrons. The lowest BCUT2D eigenvalue weighted by Gasteiger charge is -2.20. The van der Waals surface area contributed by atoms with Crippen molar-refractivity contribution in [3.05, 3.63) is 83.9 Å².